The molecule has 0 aliphatic heterocycles. The summed E-state index contributed by atoms with van der Waals surface area (Å²) in [4.78, 5) is 27.9. The fraction of sp³-hybridized carbons (Fsp3) is 0.333. The number of H-pyrrole nitrogens is 1. The highest BCUT2D eigenvalue weighted by molar-refractivity contribution is 5.95. The molecule has 2 atom stereocenters. The van der Waals surface area contributed by atoms with E-state index in [0.29, 0.717) is 24.2 Å². The number of hydrogen-bond donors (Lipinski definition) is 3. The van der Waals surface area contributed by atoms with Gasteiger partial charge in [-0.05, 0) is 49.4 Å². The summed E-state index contributed by atoms with van der Waals surface area (Å²) in [6.07, 6.45) is 4.14. The Labute approximate surface area is 156 Å². The molecule has 2 aromatic heterocycles. The van der Waals surface area contributed by atoms with Crippen molar-refractivity contribution in [2.75, 3.05) is 0 Å². The molecule has 0 radical (unpaired) electrons. The van der Waals surface area contributed by atoms with Crippen LogP contribution in [0, 0.1) is 6.92 Å². The van der Waals surface area contributed by atoms with Gasteiger partial charge in [0, 0.05) is 23.5 Å². The number of aliphatic hydroxyl groups is 1. The average molecular weight is 366 g/mol. The van der Waals surface area contributed by atoms with Crippen LogP contribution in [-0.4, -0.2) is 28.1 Å². The molecule has 0 spiro atoms. The van der Waals surface area contributed by atoms with Gasteiger partial charge in [-0.2, -0.15) is 0 Å². The number of aromatic amines is 1. The molecule has 3 N–H and O–H groups in total. The first kappa shape index (κ1) is 17.5. The van der Waals surface area contributed by atoms with Crippen LogP contribution in [0.25, 0.3) is 10.9 Å². The standard InChI is InChI=1S/C21H22N2O4/c1-12-10-14(7-6-13-11-22-16-5-3-2-4-15(13)16)27-21(26)19(12)20(25)23-17-8-9-18(17)24/h2-5,10-11,17-18,22,24H,6-9H2,1H3,(H,23,25)/t17-,18+/m0/s1. The monoisotopic (exact) mass is 366 g/mol. The van der Waals surface area contributed by atoms with Gasteiger partial charge in [-0.1, -0.05) is 18.2 Å². The van der Waals surface area contributed by atoms with Crippen molar-refractivity contribution >= 4 is 16.8 Å². The maximum Gasteiger partial charge on any atom is 0.349 e. The molecule has 1 saturated carbocycles. The summed E-state index contributed by atoms with van der Waals surface area (Å²) in [5.41, 5.74) is 2.22. The summed E-state index contributed by atoms with van der Waals surface area (Å²) in [5, 5.41) is 13.5. The van der Waals surface area contributed by atoms with Crippen LogP contribution < -0.4 is 10.9 Å². The Hall–Kier alpha value is -2.86. The van der Waals surface area contributed by atoms with Crippen molar-refractivity contribution in [3.63, 3.8) is 0 Å². The minimum absolute atomic E-state index is 0.0185. The minimum atomic E-state index is -0.629. The Morgan fingerprint density at radius 2 is 2.11 bits per heavy atom. The molecule has 27 heavy (non-hydrogen) atoms. The Morgan fingerprint density at radius 3 is 2.81 bits per heavy atom. The highest BCUT2D eigenvalue weighted by atomic mass is 16.4. The van der Waals surface area contributed by atoms with Crippen LogP contribution in [0.5, 0.6) is 0 Å². The van der Waals surface area contributed by atoms with E-state index < -0.39 is 17.6 Å². The topological polar surface area (TPSA) is 95.3 Å². The van der Waals surface area contributed by atoms with E-state index in [0.717, 1.165) is 29.3 Å². The van der Waals surface area contributed by atoms with Crippen LogP contribution >= 0.6 is 0 Å². The van der Waals surface area contributed by atoms with Crippen molar-refractivity contribution in [2.45, 2.75) is 44.8 Å². The molecule has 1 amide bonds. The van der Waals surface area contributed by atoms with Crippen LogP contribution in [-0.2, 0) is 12.8 Å². The highest BCUT2D eigenvalue weighted by Crippen LogP contribution is 2.21. The van der Waals surface area contributed by atoms with E-state index in [1.807, 2.05) is 24.4 Å². The van der Waals surface area contributed by atoms with Gasteiger partial charge in [-0.25, -0.2) is 4.79 Å². The van der Waals surface area contributed by atoms with Gasteiger partial charge in [0.1, 0.15) is 11.3 Å². The van der Waals surface area contributed by atoms with Gasteiger partial charge in [0.05, 0.1) is 12.1 Å². The summed E-state index contributed by atoms with van der Waals surface area (Å²) in [7, 11) is 0. The molecular formula is C21H22N2O4. The Morgan fingerprint density at radius 1 is 1.30 bits per heavy atom. The molecule has 2 heterocycles. The predicted molar refractivity (Wildman–Crippen MR) is 102 cm³/mol. The number of amides is 1. The number of aliphatic hydroxyl groups excluding tert-OH is 1. The fourth-order valence-electron chi connectivity index (χ4n) is 3.56. The Balaban J connectivity index is 1.49. The molecule has 6 heteroatoms. The molecule has 1 aromatic carbocycles. The molecule has 0 bridgehead atoms. The van der Waals surface area contributed by atoms with Gasteiger partial charge >= 0.3 is 5.63 Å². The fourth-order valence-corrected chi connectivity index (χ4v) is 3.56. The third kappa shape index (κ3) is 3.40. The largest absolute Gasteiger partial charge is 0.427 e. The average Bonchev–Trinajstić information content (AvgIpc) is 3.06. The smallest absolute Gasteiger partial charge is 0.349 e. The lowest BCUT2D eigenvalue weighted by molar-refractivity contribution is 0.0445. The van der Waals surface area contributed by atoms with Crippen LogP contribution in [0.15, 0.2) is 45.7 Å². The maximum atomic E-state index is 12.4. The van der Waals surface area contributed by atoms with Gasteiger partial charge < -0.3 is 19.8 Å². The number of rotatable bonds is 5. The maximum absolute atomic E-state index is 12.4. The first-order valence-corrected chi connectivity index (χ1v) is 9.20. The molecule has 3 aromatic rings. The van der Waals surface area contributed by atoms with E-state index in [-0.39, 0.29) is 11.6 Å². The zero-order valence-electron chi connectivity index (χ0n) is 15.1. The van der Waals surface area contributed by atoms with Crippen molar-refractivity contribution in [1.82, 2.24) is 10.3 Å². The normalized spacial score (nSPS) is 19.0. The summed E-state index contributed by atoms with van der Waals surface area (Å²) in [6.45, 7) is 1.73. The minimum Gasteiger partial charge on any atom is -0.427 e. The van der Waals surface area contributed by atoms with Gasteiger partial charge in [-0.3, -0.25) is 4.79 Å². The number of aryl methyl sites for hydroxylation is 3. The number of para-hydroxylation sites is 1. The molecule has 1 aliphatic rings. The van der Waals surface area contributed by atoms with E-state index in [1.165, 1.54) is 0 Å². The molecule has 140 valence electrons. The number of carbonyl (C=O) groups is 1. The number of benzene rings is 1. The van der Waals surface area contributed by atoms with Crippen LogP contribution in [0.3, 0.4) is 0 Å². The van der Waals surface area contributed by atoms with E-state index in [4.69, 9.17) is 4.42 Å². The SMILES string of the molecule is Cc1cc(CCc2c[nH]c3ccccc23)oc(=O)c1C(=O)N[C@H]1CC[C@H]1O. The molecule has 1 aliphatic carbocycles. The number of hydrogen-bond acceptors (Lipinski definition) is 4. The third-order valence-corrected chi connectivity index (χ3v) is 5.30. The third-order valence-electron chi connectivity index (χ3n) is 5.30. The van der Waals surface area contributed by atoms with Crippen molar-refractivity contribution in [1.29, 1.82) is 0 Å². The van der Waals surface area contributed by atoms with E-state index in [9.17, 15) is 14.7 Å². The van der Waals surface area contributed by atoms with Gasteiger partial charge in [0.15, 0.2) is 0 Å². The van der Waals surface area contributed by atoms with Crippen molar-refractivity contribution in [3.8, 4) is 0 Å². The van der Waals surface area contributed by atoms with Crippen LogP contribution in [0.1, 0.15) is 40.1 Å². The van der Waals surface area contributed by atoms with Gasteiger partial charge in [-0.15, -0.1) is 0 Å². The Kier molecular flexibility index (Phi) is 4.58. The molecule has 0 unspecified atom stereocenters. The molecule has 6 nitrogen and oxygen atoms in total. The molecule has 0 saturated heterocycles. The number of fused-ring (bicyclic) bond motifs is 1. The molecular weight excluding hydrogens is 344 g/mol. The zero-order valence-corrected chi connectivity index (χ0v) is 15.1. The van der Waals surface area contributed by atoms with E-state index in [1.54, 1.807) is 13.0 Å². The molecule has 4 rings (SSSR count). The summed E-state index contributed by atoms with van der Waals surface area (Å²) in [6, 6.07) is 9.54. The van der Waals surface area contributed by atoms with E-state index in [2.05, 4.69) is 16.4 Å². The lowest BCUT2D eigenvalue weighted by Crippen LogP contribution is -2.51. The Bertz CT molecular complexity index is 1050. The second-order valence-electron chi connectivity index (χ2n) is 7.14. The highest BCUT2D eigenvalue weighted by Gasteiger charge is 2.31. The summed E-state index contributed by atoms with van der Waals surface area (Å²) < 4.78 is 5.39. The van der Waals surface area contributed by atoms with E-state index >= 15 is 0 Å². The zero-order chi connectivity index (χ0) is 19.0. The van der Waals surface area contributed by atoms with Crippen molar-refractivity contribution < 1.29 is 14.3 Å². The summed E-state index contributed by atoms with van der Waals surface area (Å²) in [5.74, 6) is 0.0798. The van der Waals surface area contributed by atoms with Crippen LogP contribution in [0.2, 0.25) is 0 Å². The van der Waals surface area contributed by atoms with Crippen molar-refractivity contribution in [2.24, 2.45) is 0 Å². The number of aromatic nitrogens is 1. The molecule has 1 fully saturated rings. The number of carbonyl (C=O) groups excluding carboxylic acids is 1. The summed E-state index contributed by atoms with van der Waals surface area (Å²) >= 11 is 0. The predicted octanol–water partition coefficient (Wildman–Crippen LogP) is 2.47. The van der Waals surface area contributed by atoms with Gasteiger partial charge in [0.2, 0.25) is 0 Å². The number of nitrogens with one attached hydrogen (secondary N) is 2. The van der Waals surface area contributed by atoms with Crippen LogP contribution in [0.4, 0.5) is 0 Å². The first-order valence-electron chi connectivity index (χ1n) is 9.20. The van der Waals surface area contributed by atoms with Crippen molar-refractivity contribution in [3.05, 3.63) is 69.4 Å². The quantitative estimate of drug-likeness (QED) is 0.646. The lowest BCUT2D eigenvalue weighted by Gasteiger charge is -2.32. The lowest BCUT2D eigenvalue weighted by atomic mass is 9.89. The second-order valence-corrected chi connectivity index (χ2v) is 7.14. The first-order chi connectivity index (χ1) is 13.0. The second kappa shape index (κ2) is 7.04. The van der Waals surface area contributed by atoms with Gasteiger partial charge in [0.25, 0.3) is 5.91 Å².